The van der Waals surface area contributed by atoms with Gasteiger partial charge < -0.3 is 5.11 Å². The fourth-order valence-electron chi connectivity index (χ4n) is 4.08. The van der Waals surface area contributed by atoms with Crippen molar-refractivity contribution in [2.45, 2.75) is 45.0 Å². The van der Waals surface area contributed by atoms with E-state index in [0.717, 1.165) is 12.0 Å². The van der Waals surface area contributed by atoms with E-state index < -0.39 is 0 Å². The van der Waals surface area contributed by atoms with Crippen molar-refractivity contribution in [3.63, 3.8) is 0 Å². The van der Waals surface area contributed by atoms with Gasteiger partial charge in [0, 0.05) is 11.6 Å². The van der Waals surface area contributed by atoms with Gasteiger partial charge in [-0.3, -0.25) is 0 Å². The molecule has 2 saturated carbocycles. The van der Waals surface area contributed by atoms with Crippen LogP contribution in [0.5, 0.6) is 0 Å². The first-order valence-corrected chi connectivity index (χ1v) is 8.23. The number of rotatable bonds is 3. The average molecular weight is 289 g/mol. The minimum atomic E-state index is -0.242. The third-order valence-electron chi connectivity index (χ3n) is 5.92. The molecule has 2 aliphatic rings. The molecule has 2 aliphatic carbocycles. The van der Waals surface area contributed by atoms with Gasteiger partial charge >= 0.3 is 0 Å². The van der Waals surface area contributed by atoms with E-state index in [9.17, 15) is 5.11 Å². The zero-order chi connectivity index (χ0) is 14.4. The van der Waals surface area contributed by atoms with Crippen LogP contribution in [0.25, 0.3) is 0 Å². The summed E-state index contributed by atoms with van der Waals surface area (Å²) in [7, 11) is 0. The number of hydrogen-bond acceptors (Lipinski definition) is 3. The Morgan fingerprint density at radius 3 is 2.55 bits per heavy atom. The molecule has 2 bridgehead atoms. The SMILES string of the molecule is CC1(C)[C@@H]2CC[C@@]1(C)[C@H](O)[C@@H]2S/N=C/c1ccccc1. The van der Waals surface area contributed by atoms with E-state index in [1.165, 1.54) is 6.42 Å². The van der Waals surface area contributed by atoms with E-state index in [4.69, 9.17) is 0 Å². The Morgan fingerprint density at radius 1 is 1.25 bits per heavy atom. The van der Waals surface area contributed by atoms with E-state index in [2.05, 4.69) is 25.2 Å². The first-order valence-electron chi connectivity index (χ1n) is 7.39. The number of nitrogens with zero attached hydrogens (tertiary/aromatic N) is 1. The normalized spacial score (nSPS) is 38.7. The Labute approximate surface area is 125 Å². The summed E-state index contributed by atoms with van der Waals surface area (Å²) in [5.41, 5.74) is 1.38. The minimum absolute atomic E-state index is 0.0532. The number of hydrogen-bond donors (Lipinski definition) is 1. The molecule has 2 fully saturated rings. The fourth-order valence-corrected chi connectivity index (χ4v) is 5.44. The van der Waals surface area contributed by atoms with Gasteiger partial charge in [-0.1, -0.05) is 51.1 Å². The summed E-state index contributed by atoms with van der Waals surface area (Å²) in [6, 6.07) is 10.1. The zero-order valence-corrected chi connectivity index (χ0v) is 13.2. The Bertz CT molecular complexity index is 513. The van der Waals surface area contributed by atoms with Crippen LogP contribution < -0.4 is 0 Å². The summed E-state index contributed by atoms with van der Waals surface area (Å²) >= 11 is 1.57. The molecular weight excluding hydrogens is 266 g/mol. The predicted molar refractivity (Wildman–Crippen MR) is 86.0 cm³/mol. The van der Waals surface area contributed by atoms with Gasteiger partial charge in [-0.25, -0.2) is 4.40 Å². The third-order valence-corrected chi connectivity index (χ3v) is 6.97. The maximum Gasteiger partial charge on any atom is 0.0738 e. The van der Waals surface area contributed by atoms with Gasteiger partial charge in [0.05, 0.1) is 11.4 Å². The van der Waals surface area contributed by atoms with Crippen LogP contribution in [0.2, 0.25) is 0 Å². The van der Waals surface area contributed by atoms with Gasteiger partial charge in [0.2, 0.25) is 0 Å². The molecule has 3 rings (SSSR count). The zero-order valence-electron chi connectivity index (χ0n) is 12.4. The maximum absolute atomic E-state index is 10.7. The summed E-state index contributed by atoms with van der Waals surface area (Å²) in [6.07, 6.45) is 4.03. The summed E-state index contributed by atoms with van der Waals surface area (Å²) in [4.78, 5) is 0. The molecule has 0 aliphatic heterocycles. The number of benzene rings is 1. The first-order chi connectivity index (χ1) is 9.47. The Kier molecular flexibility index (Phi) is 3.46. The van der Waals surface area contributed by atoms with Crippen molar-refractivity contribution in [2.75, 3.05) is 0 Å². The lowest BCUT2D eigenvalue weighted by molar-refractivity contribution is 0.0148. The number of fused-ring (bicyclic) bond motifs is 2. The van der Waals surface area contributed by atoms with Crippen molar-refractivity contribution in [1.29, 1.82) is 0 Å². The highest BCUT2D eigenvalue weighted by atomic mass is 32.2. The Morgan fingerprint density at radius 2 is 1.95 bits per heavy atom. The van der Waals surface area contributed by atoms with Crippen molar-refractivity contribution < 1.29 is 5.11 Å². The molecule has 4 atom stereocenters. The number of aliphatic hydroxyl groups excluding tert-OH is 1. The van der Waals surface area contributed by atoms with Gasteiger partial charge in [-0.2, -0.15) is 0 Å². The monoisotopic (exact) mass is 289 g/mol. The lowest BCUT2D eigenvalue weighted by atomic mass is 9.70. The second kappa shape index (κ2) is 4.88. The summed E-state index contributed by atoms with van der Waals surface area (Å²) in [6.45, 7) is 6.88. The molecule has 20 heavy (non-hydrogen) atoms. The van der Waals surface area contributed by atoms with Gasteiger partial charge in [0.1, 0.15) is 0 Å². The second-order valence-corrected chi connectivity index (χ2v) is 7.91. The van der Waals surface area contributed by atoms with Crippen LogP contribution in [0.4, 0.5) is 0 Å². The maximum atomic E-state index is 10.7. The second-order valence-electron chi connectivity index (χ2n) is 6.94. The average Bonchev–Trinajstić information content (AvgIpc) is 2.74. The van der Waals surface area contributed by atoms with Crippen LogP contribution in [0.1, 0.15) is 39.2 Å². The molecule has 3 heteroatoms. The van der Waals surface area contributed by atoms with Gasteiger partial charge in [-0.05, 0) is 41.7 Å². The highest BCUT2D eigenvalue weighted by molar-refractivity contribution is 7.98. The lowest BCUT2D eigenvalue weighted by Crippen LogP contribution is -2.38. The number of aliphatic hydroxyl groups is 1. The molecule has 1 aromatic rings. The Hall–Kier alpha value is -0.800. The minimum Gasteiger partial charge on any atom is -0.391 e. The first kappa shape index (κ1) is 14.2. The molecule has 0 heterocycles. The summed E-state index contributed by atoms with van der Waals surface area (Å²) < 4.78 is 4.52. The molecule has 0 spiro atoms. The molecule has 0 radical (unpaired) electrons. The fraction of sp³-hybridized carbons (Fsp3) is 0.588. The van der Waals surface area contributed by atoms with Crippen molar-refractivity contribution in [1.82, 2.24) is 0 Å². The molecule has 0 saturated heterocycles. The van der Waals surface area contributed by atoms with Crippen molar-refractivity contribution in [2.24, 2.45) is 21.1 Å². The van der Waals surface area contributed by atoms with Crippen LogP contribution in [0.3, 0.4) is 0 Å². The van der Waals surface area contributed by atoms with Gasteiger partial charge in [-0.15, -0.1) is 0 Å². The molecule has 0 amide bonds. The van der Waals surface area contributed by atoms with E-state index in [-0.39, 0.29) is 22.2 Å². The van der Waals surface area contributed by atoms with Crippen LogP contribution in [-0.2, 0) is 0 Å². The molecule has 2 nitrogen and oxygen atoms in total. The molecule has 0 unspecified atom stereocenters. The summed E-state index contributed by atoms with van der Waals surface area (Å²) in [5, 5.41) is 10.9. The molecule has 108 valence electrons. The quantitative estimate of drug-likeness (QED) is 0.675. The smallest absolute Gasteiger partial charge is 0.0738 e. The summed E-state index contributed by atoms with van der Waals surface area (Å²) in [5.74, 6) is 0.570. The lowest BCUT2D eigenvalue weighted by Gasteiger charge is -2.36. The molecule has 1 N–H and O–H groups in total. The highest BCUT2D eigenvalue weighted by Crippen LogP contribution is 2.67. The Balaban J connectivity index is 1.72. The topological polar surface area (TPSA) is 32.6 Å². The highest BCUT2D eigenvalue weighted by Gasteiger charge is 2.66. The standard InChI is InChI=1S/C17H23NOS/c1-16(2)13-9-10-17(16,3)15(19)14(13)20-18-11-12-7-5-4-6-8-12/h4-8,11,13-15,19H,9-10H2,1-3H3/b18-11+/t13-,14-,15-,17+/m1/s1. The van der Waals surface area contributed by atoms with Crippen LogP contribution in [0, 0.1) is 16.7 Å². The van der Waals surface area contributed by atoms with Crippen molar-refractivity contribution >= 4 is 18.2 Å². The molecule has 0 aromatic heterocycles. The van der Waals surface area contributed by atoms with Gasteiger partial charge in [0.25, 0.3) is 0 Å². The van der Waals surface area contributed by atoms with E-state index in [1.54, 1.807) is 11.9 Å². The van der Waals surface area contributed by atoms with E-state index in [1.807, 2.05) is 36.5 Å². The predicted octanol–water partition coefficient (Wildman–Crippen LogP) is 3.94. The third kappa shape index (κ3) is 1.94. The van der Waals surface area contributed by atoms with Crippen LogP contribution >= 0.6 is 11.9 Å². The van der Waals surface area contributed by atoms with Crippen LogP contribution in [-0.4, -0.2) is 22.7 Å². The molecule has 1 aromatic carbocycles. The van der Waals surface area contributed by atoms with Crippen molar-refractivity contribution in [3.8, 4) is 0 Å². The van der Waals surface area contributed by atoms with E-state index in [0.29, 0.717) is 5.92 Å². The molecular formula is C17H23NOS. The largest absolute Gasteiger partial charge is 0.391 e. The van der Waals surface area contributed by atoms with Crippen molar-refractivity contribution in [3.05, 3.63) is 35.9 Å². The van der Waals surface area contributed by atoms with E-state index >= 15 is 0 Å². The van der Waals surface area contributed by atoms with Crippen LogP contribution in [0.15, 0.2) is 34.7 Å². The van der Waals surface area contributed by atoms with Gasteiger partial charge in [0.15, 0.2) is 0 Å².